The number of carboxylic acid groups (broad SMARTS) is 1. The average molecular weight is 343 g/mol. The van der Waals surface area contributed by atoms with E-state index < -0.39 is 11.4 Å². The van der Waals surface area contributed by atoms with Gasteiger partial charge in [-0.1, -0.05) is 32.0 Å². The molecule has 2 aromatic rings. The maximum Gasteiger partial charge on any atom is 0.303 e. The van der Waals surface area contributed by atoms with Gasteiger partial charge in [0.15, 0.2) is 0 Å². The second-order valence-electron chi connectivity index (χ2n) is 7.16. The summed E-state index contributed by atoms with van der Waals surface area (Å²) in [6, 6.07) is 9.78. The van der Waals surface area contributed by atoms with Crippen LogP contribution in [-0.4, -0.2) is 26.8 Å². The molecule has 0 fully saturated rings. The van der Waals surface area contributed by atoms with Gasteiger partial charge in [-0.3, -0.25) is 9.59 Å². The van der Waals surface area contributed by atoms with Gasteiger partial charge in [0.1, 0.15) is 0 Å². The van der Waals surface area contributed by atoms with Crippen LogP contribution in [0.3, 0.4) is 0 Å². The van der Waals surface area contributed by atoms with Gasteiger partial charge in [0, 0.05) is 18.7 Å². The van der Waals surface area contributed by atoms with Crippen molar-refractivity contribution < 1.29 is 14.7 Å². The Labute approximate surface area is 147 Å². The summed E-state index contributed by atoms with van der Waals surface area (Å²) in [4.78, 5) is 23.1. The maximum absolute atomic E-state index is 12.2. The largest absolute Gasteiger partial charge is 0.481 e. The molecule has 0 aliphatic rings. The number of carbonyl (C=O) groups is 2. The van der Waals surface area contributed by atoms with Crippen molar-refractivity contribution in [2.24, 2.45) is 5.41 Å². The Morgan fingerprint density at radius 2 is 1.88 bits per heavy atom. The van der Waals surface area contributed by atoms with E-state index in [4.69, 9.17) is 5.11 Å². The number of aliphatic carboxylic acids is 1. The third-order valence-electron chi connectivity index (χ3n) is 3.97. The molecule has 1 amide bonds. The summed E-state index contributed by atoms with van der Waals surface area (Å²) in [6.45, 7) is 7.87. The van der Waals surface area contributed by atoms with E-state index in [-0.39, 0.29) is 18.7 Å². The molecule has 0 aliphatic carbocycles. The quantitative estimate of drug-likeness (QED) is 0.809. The summed E-state index contributed by atoms with van der Waals surface area (Å²) < 4.78 is 1.87. The Bertz CT molecular complexity index is 778. The molecular formula is C19H25N3O3. The number of carbonyl (C=O) groups excluding carboxylic acids is 1. The third-order valence-corrected chi connectivity index (χ3v) is 3.97. The summed E-state index contributed by atoms with van der Waals surface area (Å²) in [6.07, 6.45) is 0.129. The summed E-state index contributed by atoms with van der Waals surface area (Å²) >= 11 is 0. The van der Waals surface area contributed by atoms with Crippen LogP contribution in [0.4, 0.5) is 0 Å². The molecular weight excluding hydrogens is 318 g/mol. The van der Waals surface area contributed by atoms with E-state index in [1.807, 2.05) is 48.9 Å². The van der Waals surface area contributed by atoms with E-state index in [2.05, 4.69) is 10.4 Å². The number of carboxylic acids is 1. The van der Waals surface area contributed by atoms with Crippen LogP contribution in [0.25, 0.3) is 5.69 Å². The molecule has 0 unspecified atom stereocenters. The van der Waals surface area contributed by atoms with Crippen molar-refractivity contribution >= 4 is 11.9 Å². The zero-order valence-corrected chi connectivity index (χ0v) is 15.2. The average Bonchev–Trinajstić information content (AvgIpc) is 2.82. The maximum atomic E-state index is 12.2. The summed E-state index contributed by atoms with van der Waals surface area (Å²) in [5, 5.41) is 16.3. The Kier molecular flexibility index (Phi) is 5.62. The molecule has 2 rings (SSSR count). The fraction of sp³-hybridized carbons (Fsp3) is 0.421. The molecule has 0 atom stereocenters. The van der Waals surface area contributed by atoms with Gasteiger partial charge in [0.2, 0.25) is 5.91 Å². The highest BCUT2D eigenvalue weighted by molar-refractivity contribution is 5.78. The second-order valence-corrected chi connectivity index (χ2v) is 7.16. The summed E-state index contributed by atoms with van der Waals surface area (Å²) in [5.41, 5.74) is 3.27. The minimum absolute atomic E-state index is 0.0389. The lowest BCUT2D eigenvalue weighted by Crippen LogP contribution is -2.30. The van der Waals surface area contributed by atoms with Crippen molar-refractivity contribution in [1.82, 2.24) is 15.1 Å². The van der Waals surface area contributed by atoms with Gasteiger partial charge in [0.05, 0.1) is 17.8 Å². The lowest BCUT2D eigenvalue weighted by atomic mass is 9.85. The molecule has 0 bridgehead atoms. The number of nitrogens with one attached hydrogen (secondary N) is 1. The van der Waals surface area contributed by atoms with Crippen LogP contribution in [-0.2, 0) is 16.1 Å². The number of aromatic nitrogens is 2. The van der Waals surface area contributed by atoms with Crippen LogP contribution >= 0.6 is 0 Å². The van der Waals surface area contributed by atoms with Crippen molar-refractivity contribution in [2.45, 2.75) is 47.1 Å². The monoisotopic (exact) mass is 343 g/mol. The lowest BCUT2D eigenvalue weighted by Gasteiger charge is -2.21. The fourth-order valence-corrected chi connectivity index (χ4v) is 2.90. The van der Waals surface area contributed by atoms with Crippen LogP contribution in [0.15, 0.2) is 30.3 Å². The number of nitrogens with zero attached hydrogens (tertiary/aromatic N) is 2. The minimum Gasteiger partial charge on any atom is -0.481 e. The van der Waals surface area contributed by atoms with Gasteiger partial charge in [0.25, 0.3) is 0 Å². The number of hydrogen-bond donors (Lipinski definition) is 2. The molecule has 134 valence electrons. The molecule has 1 heterocycles. The topological polar surface area (TPSA) is 84.2 Å². The molecule has 1 aromatic heterocycles. The van der Waals surface area contributed by atoms with E-state index in [1.165, 1.54) is 0 Å². The number of benzene rings is 1. The number of aryl methyl sites for hydroxylation is 2. The number of amides is 1. The summed E-state index contributed by atoms with van der Waals surface area (Å²) in [7, 11) is 0. The van der Waals surface area contributed by atoms with Crippen LogP contribution < -0.4 is 5.32 Å². The molecule has 0 spiro atoms. The molecule has 0 saturated heterocycles. The smallest absolute Gasteiger partial charge is 0.303 e. The zero-order valence-electron chi connectivity index (χ0n) is 15.2. The zero-order chi connectivity index (χ0) is 18.6. The van der Waals surface area contributed by atoms with E-state index >= 15 is 0 Å². The van der Waals surface area contributed by atoms with Gasteiger partial charge in [-0.2, -0.15) is 5.10 Å². The molecule has 25 heavy (non-hydrogen) atoms. The first kappa shape index (κ1) is 18.7. The van der Waals surface area contributed by atoms with Gasteiger partial charge >= 0.3 is 5.97 Å². The van der Waals surface area contributed by atoms with Crippen molar-refractivity contribution in [2.75, 3.05) is 0 Å². The Morgan fingerprint density at radius 3 is 2.48 bits per heavy atom. The first-order valence-corrected chi connectivity index (χ1v) is 8.28. The lowest BCUT2D eigenvalue weighted by molar-refractivity contribution is -0.139. The van der Waals surface area contributed by atoms with Gasteiger partial charge in [-0.15, -0.1) is 0 Å². The summed E-state index contributed by atoms with van der Waals surface area (Å²) in [5.74, 6) is -1.05. The van der Waals surface area contributed by atoms with Gasteiger partial charge in [-0.05, 0) is 37.0 Å². The van der Waals surface area contributed by atoms with E-state index in [0.717, 1.165) is 22.6 Å². The predicted molar refractivity (Wildman–Crippen MR) is 95.5 cm³/mol. The second kappa shape index (κ2) is 7.51. The highest BCUT2D eigenvalue weighted by Gasteiger charge is 2.25. The van der Waals surface area contributed by atoms with Crippen molar-refractivity contribution in [3.63, 3.8) is 0 Å². The standard InChI is InChI=1S/C19H25N3O3/c1-13-9-14(2)22(21-13)16-8-6-5-7-15(16)12-20-17(23)10-19(3,4)11-18(24)25/h5-9H,10-12H2,1-4H3,(H,20,23)(H,24,25). The van der Waals surface area contributed by atoms with Crippen molar-refractivity contribution in [1.29, 1.82) is 0 Å². The third kappa shape index (κ3) is 5.17. The molecule has 0 radical (unpaired) electrons. The fourth-order valence-electron chi connectivity index (χ4n) is 2.90. The molecule has 6 nitrogen and oxygen atoms in total. The van der Waals surface area contributed by atoms with Crippen molar-refractivity contribution in [3.05, 3.63) is 47.3 Å². The Balaban J connectivity index is 2.08. The van der Waals surface area contributed by atoms with Crippen LogP contribution in [0.2, 0.25) is 0 Å². The molecule has 0 saturated carbocycles. The number of rotatable bonds is 7. The van der Waals surface area contributed by atoms with E-state index in [9.17, 15) is 9.59 Å². The van der Waals surface area contributed by atoms with E-state index in [1.54, 1.807) is 13.8 Å². The van der Waals surface area contributed by atoms with Crippen molar-refractivity contribution in [3.8, 4) is 5.69 Å². The van der Waals surface area contributed by atoms with Gasteiger partial charge in [-0.25, -0.2) is 4.68 Å². The number of hydrogen-bond acceptors (Lipinski definition) is 3. The minimum atomic E-state index is -0.896. The highest BCUT2D eigenvalue weighted by Crippen LogP contribution is 2.25. The highest BCUT2D eigenvalue weighted by atomic mass is 16.4. The Morgan fingerprint density at radius 1 is 1.20 bits per heavy atom. The first-order valence-electron chi connectivity index (χ1n) is 8.28. The SMILES string of the molecule is Cc1cc(C)n(-c2ccccc2CNC(=O)CC(C)(C)CC(=O)O)n1. The predicted octanol–water partition coefficient (Wildman–Crippen LogP) is 3.00. The molecule has 2 N–H and O–H groups in total. The normalized spacial score (nSPS) is 11.4. The first-order chi connectivity index (χ1) is 11.7. The van der Waals surface area contributed by atoms with Crippen LogP contribution in [0.1, 0.15) is 43.6 Å². The molecule has 6 heteroatoms. The van der Waals surface area contributed by atoms with Gasteiger partial charge < -0.3 is 10.4 Å². The van der Waals surface area contributed by atoms with Crippen LogP contribution in [0, 0.1) is 19.3 Å². The molecule has 1 aromatic carbocycles. The van der Waals surface area contributed by atoms with E-state index in [0.29, 0.717) is 6.54 Å². The Hall–Kier alpha value is -2.63. The van der Waals surface area contributed by atoms with Crippen LogP contribution in [0.5, 0.6) is 0 Å². The molecule has 0 aliphatic heterocycles. The number of para-hydroxylation sites is 1.